The summed E-state index contributed by atoms with van der Waals surface area (Å²) < 4.78 is 7.00. The quantitative estimate of drug-likeness (QED) is 0.685. The molecule has 1 aromatic heterocycles. The number of hydrogen-bond donors (Lipinski definition) is 0. The van der Waals surface area contributed by atoms with E-state index in [0.29, 0.717) is 0 Å². The lowest BCUT2D eigenvalue weighted by molar-refractivity contribution is 0.313. The lowest BCUT2D eigenvalue weighted by Crippen LogP contribution is -1.95. The van der Waals surface area contributed by atoms with Crippen LogP contribution in [0.2, 0.25) is 0 Å². The average Bonchev–Trinajstić information content (AvgIpc) is 2.67. The third kappa shape index (κ3) is 1.90. The van der Waals surface area contributed by atoms with Gasteiger partial charge in [0.25, 0.3) is 0 Å². The van der Waals surface area contributed by atoms with Gasteiger partial charge in [0.1, 0.15) is 5.75 Å². The molecule has 0 aliphatic carbocycles. The van der Waals surface area contributed by atoms with Gasteiger partial charge in [0, 0.05) is 0 Å². The van der Waals surface area contributed by atoms with Gasteiger partial charge in [0.15, 0.2) is 0 Å². The van der Waals surface area contributed by atoms with Gasteiger partial charge >= 0.3 is 0 Å². The first-order valence-electron chi connectivity index (χ1n) is 5.01. The van der Waals surface area contributed by atoms with Gasteiger partial charge in [-0.2, -0.15) is 0 Å². The molecule has 0 radical (unpaired) electrons. The monoisotopic (exact) mass is 206 g/mol. The number of benzene rings is 1. The Balaban J connectivity index is 2.19. The zero-order valence-electron chi connectivity index (χ0n) is 8.32. The van der Waals surface area contributed by atoms with E-state index in [4.69, 9.17) is 4.74 Å². The fourth-order valence-electron chi connectivity index (χ4n) is 1.41. The fourth-order valence-corrected chi connectivity index (χ4v) is 2.27. The van der Waals surface area contributed by atoms with Crippen molar-refractivity contribution >= 4 is 21.4 Å². The van der Waals surface area contributed by atoms with Crippen LogP contribution in [-0.2, 0) is 0 Å². The van der Waals surface area contributed by atoms with E-state index in [9.17, 15) is 0 Å². The minimum absolute atomic E-state index is 0.827. The standard InChI is InChI=1S/C12H14OS/c1-2-3-8-13-11-6-4-5-10-7-9-14-12(10)11/h4-7,9H,2-3,8H2,1H3. The Labute approximate surface area is 88.3 Å². The van der Waals surface area contributed by atoms with Crippen molar-refractivity contribution in [2.45, 2.75) is 19.8 Å². The number of fused-ring (bicyclic) bond motifs is 1. The molecular formula is C12H14OS. The largest absolute Gasteiger partial charge is 0.492 e. The molecule has 0 saturated carbocycles. The van der Waals surface area contributed by atoms with Gasteiger partial charge in [-0.3, -0.25) is 0 Å². The van der Waals surface area contributed by atoms with Crippen molar-refractivity contribution in [2.75, 3.05) is 6.61 Å². The number of hydrogen-bond acceptors (Lipinski definition) is 2. The zero-order valence-corrected chi connectivity index (χ0v) is 9.14. The summed E-state index contributed by atoms with van der Waals surface area (Å²) >= 11 is 1.75. The highest BCUT2D eigenvalue weighted by Gasteiger charge is 2.01. The molecule has 1 nitrogen and oxygen atoms in total. The molecular weight excluding hydrogens is 192 g/mol. The Morgan fingerprint density at radius 3 is 3.07 bits per heavy atom. The molecule has 14 heavy (non-hydrogen) atoms. The molecule has 0 atom stereocenters. The molecule has 0 spiro atoms. The number of rotatable bonds is 4. The van der Waals surface area contributed by atoms with Crippen LogP contribution in [0.1, 0.15) is 19.8 Å². The Morgan fingerprint density at radius 1 is 1.29 bits per heavy atom. The third-order valence-corrected chi connectivity index (χ3v) is 3.14. The van der Waals surface area contributed by atoms with E-state index in [2.05, 4.69) is 36.6 Å². The second-order valence-corrected chi connectivity index (χ2v) is 4.21. The second-order valence-electron chi connectivity index (χ2n) is 3.30. The highest BCUT2D eigenvalue weighted by atomic mass is 32.1. The van der Waals surface area contributed by atoms with E-state index in [1.807, 2.05) is 0 Å². The average molecular weight is 206 g/mol. The lowest BCUT2D eigenvalue weighted by atomic mass is 10.2. The summed E-state index contributed by atoms with van der Waals surface area (Å²) in [6.07, 6.45) is 2.31. The Kier molecular flexibility index (Phi) is 3.04. The van der Waals surface area contributed by atoms with Crippen LogP contribution in [0.4, 0.5) is 0 Å². The van der Waals surface area contributed by atoms with Crippen LogP contribution >= 0.6 is 11.3 Å². The fraction of sp³-hybridized carbons (Fsp3) is 0.333. The number of ether oxygens (including phenoxy) is 1. The van der Waals surface area contributed by atoms with E-state index in [1.54, 1.807) is 11.3 Å². The minimum atomic E-state index is 0.827. The summed E-state index contributed by atoms with van der Waals surface area (Å²) in [6, 6.07) is 8.36. The van der Waals surface area contributed by atoms with Crippen molar-refractivity contribution < 1.29 is 4.74 Å². The predicted molar refractivity (Wildman–Crippen MR) is 62.2 cm³/mol. The van der Waals surface area contributed by atoms with Crippen LogP contribution in [0, 0.1) is 0 Å². The van der Waals surface area contributed by atoms with Crippen LogP contribution in [0.25, 0.3) is 10.1 Å². The zero-order chi connectivity index (χ0) is 9.80. The Morgan fingerprint density at radius 2 is 2.21 bits per heavy atom. The molecule has 2 aromatic rings. The molecule has 1 heterocycles. The highest BCUT2D eigenvalue weighted by molar-refractivity contribution is 7.17. The maximum Gasteiger partial charge on any atom is 0.137 e. The van der Waals surface area contributed by atoms with Crippen molar-refractivity contribution in [1.29, 1.82) is 0 Å². The van der Waals surface area contributed by atoms with Crippen LogP contribution < -0.4 is 4.74 Å². The molecule has 0 aliphatic heterocycles. The molecule has 0 bridgehead atoms. The molecule has 0 aliphatic rings. The van der Waals surface area contributed by atoms with Gasteiger partial charge in [-0.15, -0.1) is 11.3 Å². The highest BCUT2D eigenvalue weighted by Crippen LogP contribution is 2.30. The van der Waals surface area contributed by atoms with Crippen LogP contribution in [0.5, 0.6) is 5.75 Å². The molecule has 0 N–H and O–H groups in total. The van der Waals surface area contributed by atoms with E-state index in [-0.39, 0.29) is 0 Å². The van der Waals surface area contributed by atoms with Crippen LogP contribution in [0.15, 0.2) is 29.6 Å². The molecule has 1 aromatic carbocycles. The number of unbranched alkanes of at least 4 members (excludes halogenated alkanes) is 1. The summed E-state index contributed by atoms with van der Waals surface area (Å²) in [5.41, 5.74) is 0. The lowest BCUT2D eigenvalue weighted by Gasteiger charge is -2.05. The topological polar surface area (TPSA) is 9.23 Å². The first-order valence-corrected chi connectivity index (χ1v) is 5.89. The van der Waals surface area contributed by atoms with Crippen molar-refractivity contribution in [3.05, 3.63) is 29.6 Å². The van der Waals surface area contributed by atoms with Crippen molar-refractivity contribution in [3.8, 4) is 5.75 Å². The van der Waals surface area contributed by atoms with Gasteiger partial charge < -0.3 is 4.74 Å². The smallest absolute Gasteiger partial charge is 0.137 e. The summed E-state index contributed by atoms with van der Waals surface area (Å²) in [7, 11) is 0. The summed E-state index contributed by atoms with van der Waals surface area (Å²) in [6.45, 7) is 3.00. The Hall–Kier alpha value is -1.02. The van der Waals surface area contributed by atoms with E-state index in [0.717, 1.165) is 18.8 Å². The molecule has 0 saturated heterocycles. The van der Waals surface area contributed by atoms with Gasteiger partial charge in [0.05, 0.1) is 11.3 Å². The first kappa shape index (κ1) is 9.53. The molecule has 2 rings (SSSR count). The molecule has 2 heteroatoms. The van der Waals surface area contributed by atoms with Gasteiger partial charge in [0.2, 0.25) is 0 Å². The van der Waals surface area contributed by atoms with Gasteiger partial charge in [-0.25, -0.2) is 0 Å². The normalized spacial score (nSPS) is 10.6. The van der Waals surface area contributed by atoms with E-state index < -0.39 is 0 Å². The van der Waals surface area contributed by atoms with Crippen molar-refractivity contribution in [2.24, 2.45) is 0 Å². The van der Waals surface area contributed by atoms with Gasteiger partial charge in [-0.1, -0.05) is 25.5 Å². The first-order chi connectivity index (χ1) is 6.92. The van der Waals surface area contributed by atoms with Crippen LogP contribution in [-0.4, -0.2) is 6.61 Å². The third-order valence-electron chi connectivity index (χ3n) is 2.20. The summed E-state index contributed by atoms with van der Waals surface area (Å²) in [4.78, 5) is 0. The van der Waals surface area contributed by atoms with Crippen molar-refractivity contribution in [1.82, 2.24) is 0 Å². The van der Waals surface area contributed by atoms with Crippen molar-refractivity contribution in [3.63, 3.8) is 0 Å². The number of thiophene rings is 1. The van der Waals surface area contributed by atoms with E-state index in [1.165, 1.54) is 16.5 Å². The predicted octanol–water partition coefficient (Wildman–Crippen LogP) is 4.08. The SMILES string of the molecule is CCCCOc1cccc2ccsc12. The molecule has 0 fully saturated rings. The summed E-state index contributed by atoms with van der Waals surface area (Å²) in [5, 5.41) is 3.39. The molecule has 74 valence electrons. The van der Waals surface area contributed by atoms with Crippen LogP contribution in [0.3, 0.4) is 0 Å². The second kappa shape index (κ2) is 4.47. The van der Waals surface area contributed by atoms with E-state index >= 15 is 0 Å². The van der Waals surface area contributed by atoms with Gasteiger partial charge in [-0.05, 0) is 29.3 Å². The molecule has 0 amide bonds. The maximum atomic E-state index is 5.73. The maximum absolute atomic E-state index is 5.73. The Bertz CT molecular complexity index is 405. The molecule has 0 unspecified atom stereocenters. The summed E-state index contributed by atoms with van der Waals surface area (Å²) in [5.74, 6) is 1.03. The minimum Gasteiger partial charge on any atom is -0.492 e.